The molecule has 0 atom stereocenters. The summed E-state index contributed by atoms with van der Waals surface area (Å²) in [5.41, 5.74) is 2.10. The second kappa shape index (κ2) is 11.0. The Kier molecular flexibility index (Phi) is 13.0. The number of hydrogen-bond acceptors (Lipinski definition) is 3. The summed E-state index contributed by atoms with van der Waals surface area (Å²) in [5, 5.41) is 3.12. The highest BCUT2D eigenvalue weighted by atomic mass is 16.5. The van der Waals surface area contributed by atoms with Crippen LogP contribution in [-0.4, -0.2) is 26.3 Å². The lowest BCUT2D eigenvalue weighted by Gasteiger charge is -1.93. The van der Waals surface area contributed by atoms with Gasteiger partial charge in [-0.2, -0.15) is 5.10 Å². The standard InChI is InChI=1S/C4H8N2O2.C2H6/c1-5-6-4(7)3-8-2;1-2/h1,3H2,2H3,(H,6,7);1-2H3. The lowest BCUT2D eigenvalue weighted by Crippen LogP contribution is -2.21. The molecule has 0 spiro atoms. The Morgan fingerprint density at radius 1 is 1.70 bits per heavy atom. The van der Waals surface area contributed by atoms with Crippen molar-refractivity contribution in [1.29, 1.82) is 0 Å². The summed E-state index contributed by atoms with van der Waals surface area (Å²) < 4.78 is 4.46. The van der Waals surface area contributed by atoms with Crippen LogP contribution >= 0.6 is 0 Å². The molecule has 0 heterocycles. The fraction of sp³-hybridized carbons (Fsp3) is 0.667. The number of ether oxygens (including phenoxy) is 1. The third-order valence-electron chi connectivity index (χ3n) is 0.479. The lowest BCUT2D eigenvalue weighted by molar-refractivity contribution is -0.124. The van der Waals surface area contributed by atoms with Crippen molar-refractivity contribution in [3.05, 3.63) is 0 Å². The van der Waals surface area contributed by atoms with E-state index >= 15 is 0 Å². The molecule has 1 amide bonds. The van der Waals surface area contributed by atoms with Crippen molar-refractivity contribution in [3.8, 4) is 0 Å². The number of hydrogen-bond donors (Lipinski definition) is 1. The van der Waals surface area contributed by atoms with Crippen LogP contribution in [0.2, 0.25) is 0 Å². The average molecular weight is 146 g/mol. The second-order valence-electron chi connectivity index (χ2n) is 1.13. The maximum Gasteiger partial charge on any atom is 0.265 e. The highest BCUT2D eigenvalue weighted by Crippen LogP contribution is 1.65. The minimum Gasteiger partial charge on any atom is -0.375 e. The van der Waals surface area contributed by atoms with Crippen LogP contribution in [-0.2, 0) is 9.53 Å². The van der Waals surface area contributed by atoms with Crippen molar-refractivity contribution in [1.82, 2.24) is 5.43 Å². The maximum atomic E-state index is 10.3. The molecule has 0 aromatic rings. The summed E-state index contributed by atoms with van der Waals surface area (Å²) in [6.07, 6.45) is 0. The summed E-state index contributed by atoms with van der Waals surface area (Å²) in [6.45, 7) is 7.07. The van der Waals surface area contributed by atoms with E-state index in [4.69, 9.17) is 0 Å². The molecule has 1 N–H and O–H groups in total. The third-order valence-corrected chi connectivity index (χ3v) is 0.479. The predicted octanol–water partition coefficient (Wildman–Crippen LogP) is 0.391. The van der Waals surface area contributed by atoms with Crippen LogP contribution in [0.5, 0.6) is 0 Å². The van der Waals surface area contributed by atoms with Crippen LogP contribution in [0.25, 0.3) is 0 Å². The number of nitrogens with one attached hydrogen (secondary N) is 1. The van der Waals surface area contributed by atoms with Gasteiger partial charge in [-0.3, -0.25) is 4.79 Å². The highest BCUT2D eigenvalue weighted by Gasteiger charge is 1.92. The first-order valence-electron chi connectivity index (χ1n) is 3.04. The zero-order valence-corrected chi connectivity index (χ0v) is 6.68. The van der Waals surface area contributed by atoms with Crippen LogP contribution in [0.3, 0.4) is 0 Å². The lowest BCUT2D eigenvalue weighted by atomic mass is 10.7. The Labute approximate surface area is 61.3 Å². The molecule has 0 aromatic heterocycles. The fourth-order valence-corrected chi connectivity index (χ4v) is 0.252. The van der Waals surface area contributed by atoms with Crippen molar-refractivity contribution in [2.24, 2.45) is 5.10 Å². The summed E-state index contributed by atoms with van der Waals surface area (Å²) >= 11 is 0. The van der Waals surface area contributed by atoms with Gasteiger partial charge in [0.1, 0.15) is 6.61 Å². The highest BCUT2D eigenvalue weighted by molar-refractivity contribution is 5.77. The number of methoxy groups -OCH3 is 1. The normalized spacial score (nSPS) is 7.10. The number of hydrazone groups is 1. The number of amides is 1. The summed E-state index contributed by atoms with van der Waals surface area (Å²) in [5.74, 6) is -0.289. The number of nitrogens with zero attached hydrogens (tertiary/aromatic N) is 1. The van der Waals surface area contributed by atoms with Gasteiger partial charge >= 0.3 is 0 Å². The molecule has 0 bridgehead atoms. The van der Waals surface area contributed by atoms with Gasteiger partial charge in [0.2, 0.25) is 0 Å². The first kappa shape index (κ1) is 11.8. The second-order valence-corrected chi connectivity index (χ2v) is 1.13. The van der Waals surface area contributed by atoms with E-state index in [1.165, 1.54) is 7.11 Å². The summed E-state index contributed by atoms with van der Waals surface area (Å²) in [6, 6.07) is 0. The zero-order valence-electron chi connectivity index (χ0n) is 6.68. The molecule has 0 rings (SSSR count). The zero-order chi connectivity index (χ0) is 8.41. The molecule has 0 aromatic carbocycles. The molecule has 4 nitrogen and oxygen atoms in total. The van der Waals surface area contributed by atoms with Crippen molar-refractivity contribution < 1.29 is 9.53 Å². The molecule has 0 radical (unpaired) electrons. The smallest absolute Gasteiger partial charge is 0.265 e. The molecular weight excluding hydrogens is 132 g/mol. The number of rotatable bonds is 3. The molecule has 0 fully saturated rings. The molecule has 0 unspecified atom stereocenters. The van der Waals surface area contributed by atoms with Crippen LogP contribution < -0.4 is 5.43 Å². The molecule has 60 valence electrons. The van der Waals surface area contributed by atoms with E-state index in [0.717, 1.165) is 0 Å². The van der Waals surface area contributed by atoms with Gasteiger partial charge in [-0.25, -0.2) is 5.43 Å². The molecule has 10 heavy (non-hydrogen) atoms. The Hall–Kier alpha value is -0.900. The van der Waals surface area contributed by atoms with Gasteiger partial charge in [0.05, 0.1) is 0 Å². The van der Waals surface area contributed by atoms with E-state index in [1.54, 1.807) is 0 Å². The van der Waals surface area contributed by atoms with Crippen LogP contribution in [0.15, 0.2) is 5.10 Å². The first-order chi connectivity index (χ1) is 4.81. The third kappa shape index (κ3) is 10.2. The minimum absolute atomic E-state index is 0.0268. The van der Waals surface area contributed by atoms with E-state index in [0.29, 0.717) is 0 Å². The average Bonchev–Trinajstić information content (AvgIpc) is 1.93. The molecule has 0 saturated carbocycles. The van der Waals surface area contributed by atoms with Gasteiger partial charge in [0, 0.05) is 13.8 Å². The Bertz CT molecular complexity index is 93.7. The number of carbonyl (C=O) groups is 1. The van der Waals surface area contributed by atoms with E-state index in [9.17, 15) is 4.79 Å². The van der Waals surface area contributed by atoms with Crippen molar-refractivity contribution in [2.45, 2.75) is 13.8 Å². The maximum absolute atomic E-state index is 10.3. The van der Waals surface area contributed by atoms with E-state index < -0.39 is 0 Å². The molecule has 0 aliphatic rings. The van der Waals surface area contributed by atoms with Crippen molar-refractivity contribution in [2.75, 3.05) is 13.7 Å². The number of carbonyl (C=O) groups excluding carboxylic acids is 1. The molecule has 4 heteroatoms. The molecule has 0 aliphatic heterocycles. The van der Waals surface area contributed by atoms with Gasteiger partial charge < -0.3 is 4.74 Å². The van der Waals surface area contributed by atoms with Gasteiger partial charge in [0.25, 0.3) is 5.91 Å². The largest absolute Gasteiger partial charge is 0.375 e. The predicted molar refractivity (Wildman–Crippen MR) is 40.9 cm³/mol. The Morgan fingerprint density at radius 2 is 2.20 bits per heavy atom. The van der Waals surface area contributed by atoms with Crippen LogP contribution in [0.1, 0.15) is 13.8 Å². The van der Waals surface area contributed by atoms with Gasteiger partial charge in [-0.05, 0) is 0 Å². The van der Waals surface area contributed by atoms with E-state index in [1.807, 2.05) is 13.8 Å². The van der Waals surface area contributed by atoms with E-state index in [2.05, 4.69) is 22.0 Å². The molecule has 0 saturated heterocycles. The van der Waals surface area contributed by atoms with Gasteiger partial charge in [0.15, 0.2) is 0 Å². The first-order valence-corrected chi connectivity index (χ1v) is 3.04. The van der Waals surface area contributed by atoms with Crippen LogP contribution in [0, 0.1) is 0 Å². The van der Waals surface area contributed by atoms with E-state index in [-0.39, 0.29) is 12.5 Å². The summed E-state index contributed by atoms with van der Waals surface area (Å²) in [7, 11) is 1.43. The Balaban J connectivity index is 0. The quantitative estimate of drug-likeness (QED) is 0.462. The van der Waals surface area contributed by atoms with Crippen molar-refractivity contribution in [3.63, 3.8) is 0 Å². The fourth-order valence-electron chi connectivity index (χ4n) is 0.252. The van der Waals surface area contributed by atoms with Gasteiger partial charge in [-0.15, -0.1) is 0 Å². The topological polar surface area (TPSA) is 50.7 Å². The molecular formula is C6H14N2O2. The summed E-state index contributed by atoms with van der Waals surface area (Å²) in [4.78, 5) is 10.3. The monoisotopic (exact) mass is 146 g/mol. The molecule has 0 aliphatic carbocycles. The van der Waals surface area contributed by atoms with Gasteiger partial charge in [-0.1, -0.05) is 13.8 Å². The minimum atomic E-state index is -0.289. The van der Waals surface area contributed by atoms with Crippen molar-refractivity contribution >= 4 is 12.6 Å². The van der Waals surface area contributed by atoms with Crippen LogP contribution in [0.4, 0.5) is 0 Å². The Morgan fingerprint density at radius 3 is 2.50 bits per heavy atom. The SMILES string of the molecule is C=NNC(=O)COC.CC.